The Morgan fingerprint density at radius 2 is 1.53 bits per heavy atom. The predicted octanol–water partition coefficient (Wildman–Crippen LogP) is 5.93. The van der Waals surface area contributed by atoms with Crippen LogP contribution in [0.3, 0.4) is 0 Å². The summed E-state index contributed by atoms with van der Waals surface area (Å²) in [7, 11) is 0. The molecular weight excluding hydrogens is 296 g/mol. The van der Waals surface area contributed by atoms with Crippen LogP contribution in [0.25, 0.3) is 21.5 Å². The molecule has 0 bridgehead atoms. The first-order chi connectivity index (χ1) is 9.11. The standard InChI is InChI=1S/C18H17Br/c1-4-14-12(3)17-10-13(19)6-8-15(17)16-7-5-11(2)9-18(14)16/h5-10H,4H2,1-3H3. The van der Waals surface area contributed by atoms with E-state index in [-0.39, 0.29) is 0 Å². The highest BCUT2D eigenvalue weighted by atomic mass is 79.9. The second kappa shape index (κ2) is 4.64. The molecule has 0 N–H and O–H groups in total. The zero-order valence-corrected chi connectivity index (χ0v) is 13.1. The highest BCUT2D eigenvalue weighted by Gasteiger charge is 2.10. The highest BCUT2D eigenvalue weighted by Crippen LogP contribution is 2.34. The predicted molar refractivity (Wildman–Crippen MR) is 88.0 cm³/mol. The Hall–Kier alpha value is -1.34. The van der Waals surface area contributed by atoms with Gasteiger partial charge in [0.2, 0.25) is 0 Å². The minimum atomic E-state index is 1.08. The topological polar surface area (TPSA) is 0 Å². The van der Waals surface area contributed by atoms with Crippen molar-refractivity contribution in [2.45, 2.75) is 27.2 Å². The fourth-order valence-corrected chi connectivity index (χ4v) is 3.39. The molecule has 0 aliphatic rings. The van der Waals surface area contributed by atoms with Crippen LogP contribution in [0.15, 0.2) is 40.9 Å². The Kier molecular flexibility index (Phi) is 3.10. The van der Waals surface area contributed by atoms with E-state index >= 15 is 0 Å². The van der Waals surface area contributed by atoms with E-state index in [1.54, 1.807) is 0 Å². The summed E-state index contributed by atoms with van der Waals surface area (Å²) in [6.45, 7) is 6.66. The number of halogens is 1. The van der Waals surface area contributed by atoms with Crippen molar-refractivity contribution in [2.75, 3.05) is 0 Å². The van der Waals surface area contributed by atoms with E-state index in [0.29, 0.717) is 0 Å². The number of benzene rings is 3. The molecule has 0 heterocycles. The van der Waals surface area contributed by atoms with Crippen LogP contribution in [-0.2, 0) is 6.42 Å². The molecule has 0 spiro atoms. The molecule has 0 amide bonds. The fraction of sp³-hybridized carbons (Fsp3) is 0.222. The molecule has 3 rings (SSSR count). The van der Waals surface area contributed by atoms with E-state index in [1.807, 2.05) is 0 Å². The largest absolute Gasteiger partial charge is 0.0613 e. The van der Waals surface area contributed by atoms with Crippen LogP contribution < -0.4 is 0 Å². The Bertz CT molecular complexity index is 785. The van der Waals surface area contributed by atoms with Gasteiger partial charge in [-0.05, 0) is 65.1 Å². The molecular formula is C18H17Br. The lowest BCUT2D eigenvalue weighted by atomic mass is 9.90. The quantitative estimate of drug-likeness (QED) is 0.488. The number of fused-ring (bicyclic) bond motifs is 3. The molecule has 0 saturated carbocycles. The van der Waals surface area contributed by atoms with Gasteiger partial charge in [0.05, 0.1) is 0 Å². The van der Waals surface area contributed by atoms with E-state index < -0.39 is 0 Å². The third-order valence-electron chi connectivity index (χ3n) is 3.98. The molecule has 3 aromatic carbocycles. The van der Waals surface area contributed by atoms with Gasteiger partial charge < -0.3 is 0 Å². The molecule has 0 aliphatic carbocycles. The van der Waals surface area contributed by atoms with Crippen LogP contribution in [0.2, 0.25) is 0 Å². The molecule has 0 aliphatic heterocycles. The van der Waals surface area contributed by atoms with E-state index in [4.69, 9.17) is 0 Å². The molecule has 3 aromatic rings. The zero-order valence-electron chi connectivity index (χ0n) is 11.5. The summed E-state index contributed by atoms with van der Waals surface area (Å²) in [5, 5.41) is 5.50. The third kappa shape index (κ3) is 1.97. The van der Waals surface area contributed by atoms with Crippen molar-refractivity contribution < 1.29 is 0 Å². The Balaban J connectivity index is 2.60. The maximum Gasteiger partial charge on any atom is 0.0181 e. The van der Waals surface area contributed by atoms with Gasteiger partial charge in [0.25, 0.3) is 0 Å². The van der Waals surface area contributed by atoms with Crippen LogP contribution in [0.5, 0.6) is 0 Å². The van der Waals surface area contributed by atoms with Crippen LogP contribution in [0, 0.1) is 13.8 Å². The Morgan fingerprint density at radius 3 is 2.26 bits per heavy atom. The molecule has 96 valence electrons. The number of hydrogen-bond donors (Lipinski definition) is 0. The van der Waals surface area contributed by atoms with Crippen molar-refractivity contribution in [3.63, 3.8) is 0 Å². The van der Waals surface area contributed by atoms with E-state index in [2.05, 4.69) is 73.1 Å². The fourth-order valence-electron chi connectivity index (χ4n) is 3.02. The molecule has 0 saturated heterocycles. The summed E-state index contributed by atoms with van der Waals surface area (Å²) in [5.41, 5.74) is 4.22. The molecule has 0 atom stereocenters. The van der Waals surface area contributed by atoms with Crippen molar-refractivity contribution in [1.82, 2.24) is 0 Å². The van der Waals surface area contributed by atoms with Gasteiger partial charge in [0.1, 0.15) is 0 Å². The summed E-state index contributed by atoms with van der Waals surface area (Å²) >= 11 is 3.59. The lowest BCUT2D eigenvalue weighted by Gasteiger charge is -2.14. The molecule has 0 nitrogen and oxygen atoms in total. The van der Waals surface area contributed by atoms with Crippen LogP contribution in [-0.4, -0.2) is 0 Å². The Morgan fingerprint density at radius 1 is 0.842 bits per heavy atom. The van der Waals surface area contributed by atoms with Gasteiger partial charge in [-0.2, -0.15) is 0 Å². The average molecular weight is 313 g/mol. The highest BCUT2D eigenvalue weighted by molar-refractivity contribution is 9.10. The molecule has 0 unspecified atom stereocenters. The average Bonchev–Trinajstić information content (AvgIpc) is 2.39. The lowest BCUT2D eigenvalue weighted by molar-refractivity contribution is 1.14. The molecule has 0 fully saturated rings. The summed E-state index contributed by atoms with van der Waals surface area (Å²) < 4.78 is 1.15. The molecule has 19 heavy (non-hydrogen) atoms. The van der Waals surface area contributed by atoms with Gasteiger partial charge in [-0.1, -0.05) is 52.7 Å². The first kappa shape index (κ1) is 12.7. The normalized spacial score (nSPS) is 11.4. The van der Waals surface area contributed by atoms with E-state index in [1.165, 1.54) is 38.2 Å². The first-order valence-electron chi connectivity index (χ1n) is 6.73. The second-order valence-corrected chi connectivity index (χ2v) is 6.11. The minimum Gasteiger partial charge on any atom is -0.0613 e. The van der Waals surface area contributed by atoms with Crippen molar-refractivity contribution in [3.05, 3.63) is 57.6 Å². The summed E-state index contributed by atoms with van der Waals surface area (Å²) in [6, 6.07) is 13.4. The van der Waals surface area contributed by atoms with E-state index in [0.717, 1.165) is 10.9 Å². The second-order valence-electron chi connectivity index (χ2n) is 5.20. The van der Waals surface area contributed by atoms with Gasteiger partial charge in [0, 0.05) is 4.47 Å². The smallest absolute Gasteiger partial charge is 0.0181 e. The Labute approximate surface area is 122 Å². The first-order valence-corrected chi connectivity index (χ1v) is 7.52. The molecule has 1 heteroatoms. The van der Waals surface area contributed by atoms with Crippen molar-refractivity contribution >= 4 is 37.5 Å². The van der Waals surface area contributed by atoms with Crippen LogP contribution >= 0.6 is 15.9 Å². The van der Waals surface area contributed by atoms with Gasteiger partial charge in [0.15, 0.2) is 0 Å². The number of rotatable bonds is 1. The summed E-state index contributed by atoms with van der Waals surface area (Å²) in [4.78, 5) is 0. The van der Waals surface area contributed by atoms with Crippen molar-refractivity contribution in [3.8, 4) is 0 Å². The van der Waals surface area contributed by atoms with Gasteiger partial charge >= 0.3 is 0 Å². The summed E-state index contributed by atoms with van der Waals surface area (Å²) in [5.74, 6) is 0. The third-order valence-corrected chi connectivity index (χ3v) is 4.48. The molecule has 0 aromatic heterocycles. The van der Waals surface area contributed by atoms with Crippen molar-refractivity contribution in [1.29, 1.82) is 0 Å². The SMILES string of the molecule is CCc1c(C)c2cc(Br)ccc2c2ccc(C)cc12. The lowest BCUT2D eigenvalue weighted by Crippen LogP contribution is -1.93. The monoisotopic (exact) mass is 312 g/mol. The maximum atomic E-state index is 3.59. The summed E-state index contributed by atoms with van der Waals surface area (Å²) in [6.07, 6.45) is 1.08. The van der Waals surface area contributed by atoms with Gasteiger partial charge in [-0.25, -0.2) is 0 Å². The van der Waals surface area contributed by atoms with Crippen LogP contribution in [0.4, 0.5) is 0 Å². The minimum absolute atomic E-state index is 1.08. The van der Waals surface area contributed by atoms with Gasteiger partial charge in [-0.15, -0.1) is 0 Å². The van der Waals surface area contributed by atoms with Gasteiger partial charge in [-0.3, -0.25) is 0 Å². The number of aryl methyl sites for hydroxylation is 3. The maximum absolute atomic E-state index is 3.59. The van der Waals surface area contributed by atoms with Crippen LogP contribution in [0.1, 0.15) is 23.6 Å². The zero-order chi connectivity index (χ0) is 13.6. The number of hydrogen-bond acceptors (Lipinski definition) is 0. The van der Waals surface area contributed by atoms with E-state index in [9.17, 15) is 0 Å². The molecule has 0 radical (unpaired) electrons. The van der Waals surface area contributed by atoms with Crippen molar-refractivity contribution in [2.24, 2.45) is 0 Å².